The van der Waals surface area contributed by atoms with Crippen molar-refractivity contribution in [3.05, 3.63) is 22.5 Å². The Balaban J connectivity index is 2.32. The highest BCUT2D eigenvalue weighted by Gasteiger charge is 2.24. The molecular weight excluding hydrogens is 192 g/mol. The number of rotatable bonds is 1. The average Bonchev–Trinajstić information content (AvgIpc) is 2.68. The standard InChI is InChI=1S/C11H18N2O2/c1-11(2,3)13-7-9(15-10(13)14)8-5-4-6-12-8/h7-8,12H,4-6H2,1-3H3/t8-/m1/s1. The second-order valence-electron chi connectivity index (χ2n) is 5.09. The van der Waals surface area contributed by atoms with E-state index in [0.717, 1.165) is 25.1 Å². The number of oxazole rings is 1. The first-order chi connectivity index (χ1) is 6.98. The first-order valence-electron chi connectivity index (χ1n) is 5.45. The molecule has 1 aromatic rings. The number of hydrogen-bond acceptors (Lipinski definition) is 3. The van der Waals surface area contributed by atoms with Crippen LogP contribution in [-0.4, -0.2) is 11.1 Å². The van der Waals surface area contributed by atoms with Crippen LogP contribution in [0.4, 0.5) is 0 Å². The Morgan fingerprint density at radius 2 is 2.27 bits per heavy atom. The summed E-state index contributed by atoms with van der Waals surface area (Å²) in [6.45, 7) is 7.00. The molecule has 1 atom stereocenters. The van der Waals surface area contributed by atoms with Gasteiger partial charge in [0.1, 0.15) is 5.76 Å². The van der Waals surface area contributed by atoms with Crippen LogP contribution in [0.5, 0.6) is 0 Å². The van der Waals surface area contributed by atoms with E-state index in [1.807, 2.05) is 27.0 Å². The molecule has 1 aliphatic rings. The summed E-state index contributed by atoms with van der Waals surface area (Å²) in [7, 11) is 0. The maximum absolute atomic E-state index is 11.6. The van der Waals surface area contributed by atoms with Gasteiger partial charge in [0.05, 0.1) is 12.2 Å². The molecule has 0 aromatic carbocycles. The number of nitrogens with zero attached hydrogens (tertiary/aromatic N) is 1. The fraction of sp³-hybridized carbons (Fsp3) is 0.727. The van der Waals surface area contributed by atoms with Crippen LogP contribution in [0.25, 0.3) is 0 Å². The third-order valence-electron chi connectivity index (χ3n) is 2.78. The summed E-state index contributed by atoms with van der Waals surface area (Å²) in [6, 6.07) is 0.223. The van der Waals surface area contributed by atoms with Crippen LogP contribution in [0.2, 0.25) is 0 Å². The lowest BCUT2D eigenvalue weighted by Gasteiger charge is -2.17. The summed E-state index contributed by atoms with van der Waals surface area (Å²) >= 11 is 0. The van der Waals surface area contributed by atoms with E-state index in [-0.39, 0.29) is 17.3 Å². The van der Waals surface area contributed by atoms with E-state index in [1.54, 1.807) is 4.57 Å². The zero-order chi connectivity index (χ0) is 11.1. The van der Waals surface area contributed by atoms with Crippen molar-refractivity contribution >= 4 is 0 Å². The lowest BCUT2D eigenvalue weighted by Crippen LogP contribution is -2.29. The van der Waals surface area contributed by atoms with Crippen molar-refractivity contribution in [3.63, 3.8) is 0 Å². The van der Waals surface area contributed by atoms with Gasteiger partial charge < -0.3 is 9.73 Å². The Morgan fingerprint density at radius 1 is 1.53 bits per heavy atom. The minimum Gasteiger partial charge on any atom is -0.411 e. The van der Waals surface area contributed by atoms with Gasteiger partial charge in [-0.3, -0.25) is 4.57 Å². The fourth-order valence-corrected chi connectivity index (χ4v) is 1.91. The van der Waals surface area contributed by atoms with Gasteiger partial charge in [0.2, 0.25) is 0 Å². The summed E-state index contributed by atoms with van der Waals surface area (Å²) < 4.78 is 6.93. The summed E-state index contributed by atoms with van der Waals surface area (Å²) in [6.07, 6.45) is 4.04. The monoisotopic (exact) mass is 210 g/mol. The molecule has 0 spiro atoms. The molecular formula is C11H18N2O2. The van der Waals surface area contributed by atoms with Gasteiger partial charge in [-0.1, -0.05) is 0 Å². The van der Waals surface area contributed by atoms with Crippen molar-refractivity contribution in [3.8, 4) is 0 Å². The molecule has 15 heavy (non-hydrogen) atoms. The minimum atomic E-state index is -0.258. The van der Waals surface area contributed by atoms with Crippen molar-refractivity contribution in [2.24, 2.45) is 0 Å². The predicted octanol–water partition coefficient (Wildman–Crippen LogP) is 1.62. The molecule has 0 bridgehead atoms. The van der Waals surface area contributed by atoms with Crippen molar-refractivity contribution in [1.82, 2.24) is 9.88 Å². The van der Waals surface area contributed by atoms with Gasteiger partial charge in [-0.2, -0.15) is 0 Å². The quantitative estimate of drug-likeness (QED) is 0.766. The van der Waals surface area contributed by atoms with Crippen LogP contribution in [0.15, 0.2) is 15.4 Å². The molecule has 0 amide bonds. The van der Waals surface area contributed by atoms with E-state index in [2.05, 4.69) is 5.32 Å². The van der Waals surface area contributed by atoms with Gasteiger partial charge in [-0.25, -0.2) is 4.79 Å². The van der Waals surface area contributed by atoms with Crippen LogP contribution in [-0.2, 0) is 5.54 Å². The van der Waals surface area contributed by atoms with Gasteiger partial charge >= 0.3 is 5.76 Å². The van der Waals surface area contributed by atoms with Crippen molar-refractivity contribution in [1.29, 1.82) is 0 Å². The normalized spacial score (nSPS) is 22.2. The molecule has 0 saturated carbocycles. The van der Waals surface area contributed by atoms with Crippen LogP contribution in [0.1, 0.15) is 45.4 Å². The SMILES string of the molecule is CC(C)(C)n1cc([C@H]2CCCN2)oc1=O. The Kier molecular flexibility index (Phi) is 2.46. The number of hydrogen-bond donors (Lipinski definition) is 1. The van der Waals surface area contributed by atoms with Gasteiger partial charge in [-0.15, -0.1) is 0 Å². The Bertz CT molecular complexity index is 391. The highest BCUT2D eigenvalue weighted by atomic mass is 16.4. The first-order valence-corrected chi connectivity index (χ1v) is 5.45. The van der Waals surface area contributed by atoms with Crippen LogP contribution in [0, 0.1) is 0 Å². The first kappa shape index (κ1) is 10.5. The molecule has 4 heteroatoms. The third kappa shape index (κ3) is 2.00. The van der Waals surface area contributed by atoms with E-state index in [9.17, 15) is 4.79 Å². The highest BCUT2D eigenvalue weighted by Crippen LogP contribution is 2.23. The number of aromatic nitrogens is 1. The molecule has 2 rings (SSSR count). The Hall–Kier alpha value is -1.03. The predicted molar refractivity (Wildman–Crippen MR) is 57.9 cm³/mol. The summed E-state index contributed by atoms with van der Waals surface area (Å²) in [5.41, 5.74) is -0.211. The molecule has 1 N–H and O–H groups in total. The molecule has 1 saturated heterocycles. The summed E-state index contributed by atoms with van der Waals surface area (Å²) in [4.78, 5) is 11.6. The molecule has 1 fully saturated rings. The maximum Gasteiger partial charge on any atom is 0.419 e. The lowest BCUT2D eigenvalue weighted by atomic mass is 10.1. The van der Waals surface area contributed by atoms with Gasteiger partial charge in [-0.05, 0) is 40.2 Å². The Labute approximate surface area is 89.3 Å². The summed E-state index contributed by atoms with van der Waals surface area (Å²) in [5.74, 6) is 0.513. The second-order valence-corrected chi connectivity index (χ2v) is 5.09. The smallest absolute Gasteiger partial charge is 0.411 e. The van der Waals surface area contributed by atoms with E-state index in [0.29, 0.717) is 0 Å². The molecule has 2 heterocycles. The Morgan fingerprint density at radius 3 is 2.73 bits per heavy atom. The maximum atomic E-state index is 11.6. The molecule has 1 aromatic heterocycles. The van der Waals surface area contributed by atoms with Crippen LogP contribution in [0.3, 0.4) is 0 Å². The lowest BCUT2D eigenvalue weighted by molar-refractivity contribution is 0.342. The zero-order valence-electron chi connectivity index (χ0n) is 9.54. The van der Waals surface area contributed by atoms with E-state index < -0.39 is 0 Å². The molecule has 84 valence electrons. The topological polar surface area (TPSA) is 47.2 Å². The van der Waals surface area contributed by atoms with Crippen molar-refractivity contribution in [2.45, 2.75) is 45.2 Å². The summed E-state index contributed by atoms with van der Waals surface area (Å²) in [5, 5.41) is 3.32. The molecule has 0 unspecified atom stereocenters. The fourth-order valence-electron chi connectivity index (χ4n) is 1.91. The molecule has 1 aliphatic heterocycles. The molecule has 4 nitrogen and oxygen atoms in total. The van der Waals surface area contributed by atoms with Crippen molar-refractivity contribution < 1.29 is 4.42 Å². The second kappa shape index (κ2) is 3.52. The van der Waals surface area contributed by atoms with Crippen LogP contribution < -0.4 is 11.1 Å². The van der Waals surface area contributed by atoms with E-state index in [4.69, 9.17) is 4.42 Å². The molecule has 0 aliphatic carbocycles. The van der Waals surface area contributed by atoms with Gasteiger partial charge in [0.15, 0.2) is 0 Å². The molecule has 0 radical (unpaired) electrons. The number of nitrogens with one attached hydrogen (secondary N) is 1. The zero-order valence-corrected chi connectivity index (χ0v) is 9.54. The third-order valence-corrected chi connectivity index (χ3v) is 2.78. The van der Waals surface area contributed by atoms with Crippen molar-refractivity contribution in [2.75, 3.05) is 6.54 Å². The van der Waals surface area contributed by atoms with Crippen LogP contribution >= 0.6 is 0 Å². The van der Waals surface area contributed by atoms with E-state index >= 15 is 0 Å². The average molecular weight is 210 g/mol. The minimum absolute atomic E-state index is 0.211. The highest BCUT2D eigenvalue weighted by molar-refractivity contribution is 5.03. The van der Waals surface area contributed by atoms with Gasteiger partial charge in [0.25, 0.3) is 0 Å². The van der Waals surface area contributed by atoms with Gasteiger partial charge in [0, 0.05) is 5.54 Å². The largest absolute Gasteiger partial charge is 0.419 e. The van der Waals surface area contributed by atoms with E-state index in [1.165, 1.54) is 0 Å².